The van der Waals surface area contributed by atoms with E-state index in [1.807, 2.05) is 0 Å². The smallest absolute Gasteiger partial charge is 0.407 e. The minimum atomic E-state index is -0.541. The molecule has 1 aromatic heterocycles. The second kappa shape index (κ2) is 5.68. The molecule has 0 unspecified atom stereocenters. The minimum absolute atomic E-state index is 0.156. The van der Waals surface area contributed by atoms with Crippen LogP contribution in [0.1, 0.15) is 26.5 Å². The number of carbonyl (C=O) groups excluding carboxylic acids is 2. The number of amides is 2. The van der Waals surface area contributed by atoms with Crippen LogP contribution in [0.5, 0.6) is 0 Å². The van der Waals surface area contributed by atoms with E-state index in [1.54, 1.807) is 27.0 Å². The number of carbonyl (C=O) groups is 2. The van der Waals surface area contributed by atoms with Gasteiger partial charge in [-0.1, -0.05) is 0 Å². The van der Waals surface area contributed by atoms with Gasteiger partial charge < -0.3 is 21.1 Å². The van der Waals surface area contributed by atoms with E-state index >= 15 is 0 Å². The molecular formula is C12H20N6O3. The number of hydrogen-bond donors (Lipinski definition) is 3. The van der Waals surface area contributed by atoms with E-state index in [0.717, 1.165) is 0 Å². The van der Waals surface area contributed by atoms with Crippen molar-refractivity contribution in [2.45, 2.75) is 51.5 Å². The van der Waals surface area contributed by atoms with Crippen molar-refractivity contribution in [3.8, 4) is 0 Å². The number of rotatable bonds is 4. The summed E-state index contributed by atoms with van der Waals surface area (Å²) in [7, 11) is 0. The predicted octanol–water partition coefficient (Wildman–Crippen LogP) is -0.871. The van der Waals surface area contributed by atoms with Crippen LogP contribution in [-0.2, 0) is 22.6 Å². The molecule has 1 fully saturated rings. The summed E-state index contributed by atoms with van der Waals surface area (Å²) in [6, 6.07) is -0.670. The van der Waals surface area contributed by atoms with Gasteiger partial charge in [0, 0.05) is 0 Å². The molecule has 9 nitrogen and oxygen atoms in total. The molecule has 0 radical (unpaired) electrons. The van der Waals surface area contributed by atoms with Crippen LogP contribution < -0.4 is 16.4 Å². The van der Waals surface area contributed by atoms with Crippen LogP contribution in [0.2, 0.25) is 0 Å². The lowest BCUT2D eigenvalue weighted by atomic mass is 10.0. The molecule has 1 aromatic rings. The van der Waals surface area contributed by atoms with E-state index in [-0.39, 0.29) is 18.5 Å². The van der Waals surface area contributed by atoms with Crippen LogP contribution in [0.15, 0.2) is 6.20 Å². The zero-order valence-corrected chi connectivity index (χ0v) is 12.3. The first-order valence-corrected chi connectivity index (χ1v) is 6.66. The van der Waals surface area contributed by atoms with Gasteiger partial charge in [-0.05, 0) is 20.8 Å². The number of hydrogen-bond acceptors (Lipinski definition) is 6. The van der Waals surface area contributed by atoms with Gasteiger partial charge in [-0.15, -0.1) is 0 Å². The Bertz CT molecular complexity index is 535. The highest BCUT2D eigenvalue weighted by Crippen LogP contribution is 2.07. The van der Waals surface area contributed by atoms with Gasteiger partial charge in [-0.2, -0.15) is 15.0 Å². The third-order valence-electron chi connectivity index (χ3n) is 2.82. The fourth-order valence-electron chi connectivity index (χ4n) is 1.77. The lowest BCUT2D eigenvalue weighted by molar-refractivity contribution is -0.130. The number of alkyl carbamates (subject to hydrolysis) is 1. The fraction of sp³-hybridized carbons (Fsp3) is 0.667. The molecule has 2 atom stereocenters. The van der Waals surface area contributed by atoms with Crippen molar-refractivity contribution >= 4 is 12.0 Å². The Hall–Kier alpha value is -2.16. The lowest BCUT2D eigenvalue weighted by Crippen LogP contribution is -2.68. The predicted molar refractivity (Wildman–Crippen MR) is 73.0 cm³/mol. The SMILES string of the molecule is CC(C)(C)OC(=O)NCc1cnn(C[C@H]2NC(=O)[C@H]2N)n1. The molecule has 9 heteroatoms. The standard InChI is InChI=1S/C12H20N6O3/c1-12(2,3)21-11(20)14-4-7-5-15-18(17-7)6-8-9(13)10(19)16-8/h5,8-9H,4,6,13H2,1-3H3,(H,14,20)(H,16,19)/t8-,9+/m1/s1. The molecule has 2 rings (SSSR count). The van der Waals surface area contributed by atoms with Gasteiger partial charge in [-0.25, -0.2) is 4.79 Å². The van der Waals surface area contributed by atoms with Gasteiger partial charge >= 0.3 is 6.09 Å². The summed E-state index contributed by atoms with van der Waals surface area (Å²) >= 11 is 0. The van der Waals surface area contributed by atoms with Crippen LogP contribution in [0.25, 0.3) is 0 Å². The summed E-state index contributed by atoms with van der Waals surface area (Å²) in [5.74, 6) is -0.168. The number of nitrogens with zero attached hydrogens (tertiary/aromatic N) is 3. The minimum Gasteiger partial charge on any atom is -0.444 e. The molecule has 4 N–H and O–H groups in total. The number of β-lactam (4-membered cyclic amide) rings is 1. The highest BCUT2D eigenvalue weighted by molar-refractivity contribution is 5.88. The Morgan fingerprint density at radius 3 is 2.86 bits per heavy atom. The first kappa shape index (κ1) is 15.2. The van der Waals surface area contributed by atoms with Crippen molar-refractivity contribution < 1.29 is 14.3 Å². The summed E-state index contributed by atoms with van der Waals surface area (Å²) in [6.07, 6.45) is 1.04. The molecule has 21 heavy (non-hydrogen) atoms. The maximum absolute atomic E-state index is 11.5. The number of nitrogens with two attached hydrogens (primary N) is 1. The third kappa shape index (κ3) is 4.15. The highest BCUT2D eigenvalue weighted by atomic mass is 16.6. The normalized spacial score (nSPS) is 21.4. The average molecular weight is 296 g/mol. The van der Waals surface area contributed by atoms with Gasteiger partial charge in [0.15, 0.2) is 0 Å². The summed E-state index contributed by atoms with van der Waals surface area (Å²) in [5, 5.41) is 13.5. The summed E-state index contributed by atoms with van der Waals surface area (Å²) in [4.78, 5) is 23.9. The molecule has 1 aliphatic heterocycles. The van der Waals surface area contributed by atoms with Crippen LogP contribution in [0, 0.1) is 0 Å². The monoisotopic (exact) mass is 296 g/mol. The topological polar surface area (TPSA) is 124 Å². The zero-order chi connectivity index (χ0) is 15.6. The zero-order valence-electron chi connectivity index (χ0n) is 12.3. The van der Waals surface area contributed by atoms with E-state index in [4.69, 9.17) is 10.5 Å². The summed E-state index contributed by atoms with van der Waals surface area (Å²) in [6.45, 7) is 5.99. The molecule has 0 spiro atoms. The Morgan fingerprint density at radius 2 is 2.29 bits per heavy atom. The maximum atomic E-state index is 11.5. The molecule has 2 heterocycles. The number of aromatic nitrogens is 3. The second-order valence-electron chi connectivity index (χ2n) is 5.89. The largest absolute Gasteiger partial charge is 0.444 e. The van der Waals surface area contributed by atoms with Crippen molar-refractivity contribution in [2.24, 2.45) is 5.73 Å². The van der Waals surface area contributed by atoms with Crippen LogP contribution in [-0.4, -0.2) is 44.7 Å². The Labute approximate surface area is 122 Å². The molecule has 116 valence electrons. The highest BCUT2D eigenvalue weighted by Gasteiger charge is 2.36. The van der Waals surface area contributed by atoms with Gasteiger partial charge in [-0.3, -0.25) is 4.79 Å². The van der Waals surface area contributed by atoms with Crippen molar-refractivity contribution in [3.05, 3.63) is 11.9 Å². The molecule has 0 aliphatic carbocycles. The Balaban J connectivity index is 1.78. The number of ether oxygens (including phenoxy) is 1. The van der Waals surface area contributed by atoms with Crippen molar-refractivity contribution in [1.82, 2.24) is 25.6 Å². The lowest BCUT2D eigenvalue weighted by Gasteiger charge is -2.33. The van der Waals surface area contributed by atoms with Crippen molar-refractivity contribution in [2.75, 3.05) is 0 Å². The van der Waals surface area contributed by atoms with E-state index in [2.05, 4.69) is 20.8 Å². The Morgan fingerprint density at radius 1 is 1.57 bits per heavy atom. The summed E-state index contributed by atoms with van der Waals surface area (Å²) < 4.78 is 5.11. The van der Waals surface area contributed by atoms with Crippen molar-refractivity contribution in [1.29, 1.82) is 0 Å². The maximum Gasteiger partial charge on any atom is 0.407 e. The molecule has 2 amide bonds. The molecule has 0 saturated carbocycles. The summed E-state index contributed by atoms with van der Waals surface area (Å²) in [5.41, 5.74) is 5.68. The third-order valence-corrected chi connectivity index (χ3v) is 2.82. The van der Waals surface area contributed by atoms with Gasteiger partial charge in [0.1, 0.15) is 17.3 Å². The first-order valence-electron chi connectivity index (χ1n) is 6.66. The molecule has 1 aliphatic rings. The second-order valence-corrected chi connectivity index (χ2v) is 5.89. The van der Waals surface area contributed by atoms with Crippen LogP contribution in [0.4, 0.5) is 4.79 Å². The van der Waals surface area contributed by atoms with E-state index in [0.29, 0.717) is 12.2 Å². The molecular weight excluding hydrogens is 276 g/mol. The van der Waals surface area contributed by atoms with Gasteiger partial charge in [0.2, 0.25) is 5.91 Å². The first-order chi connectivity index (χ1) is 9.74. The molecule has 1 saturated heterocycles. The Kier molecular flexibility index (Phi) is 4.12. The molecule has 0 bridgehead atoms. The average Bonchev–Trinajstić information content (AvgIpc) is 2.81. The van der Waals surface area contributed by atoms with E-state index in [1.165, 1.54) is 4.80 Å². The van der Waals surface area contributed by atoms with E-state index in [9.17, 15) is 9.59 Å². The van der Waals surface area contributed by atoms with E-state index < -0.39 is 17.7 Å². The van der Waals surface area contributed by atoms with Crippen LogP contribution in [0.3, 0.4) is 0 Å². The van der Waals surface area contributed by atoms with Gasteiger partial charge in [0.25, 0.3) is 0 Å². The van der Waals surface area contributed by atoms with Gasteiger partial charge in [0.05, 0.1) is 25.3 Å². The fourth-order valence-corrected chi connectivity index (χ4v) is 1.77. The number of nitrogens with one attached hydrogen (secondary N) is 2. The quantitative estimate of drug-likeness (QED) is 0.620. The molecule has 0 aromatic carbocycles. The van der Waals surface area contributed by atoms with Crippen molar-refractivity contribution in [3.63, 3.8) is 0 Å². The van der Waals surface area contributed by atoms with Crippen LogP contribution >= 0.6 is 0 Å².